The second-order valence-electron chi connectivity index (χ2n) is 12.1. The van der Waals surface area contributed by atoms with E-state index in [2.05, 4.69) is 20.6 Å². The van der Waals surface area contributed by atoms with Crippen molar-refractivity contribution >= 4 is 52.5 Å². The van der Waals surface area contributed by atoms with E-state index in [4.69, 9.17) is 9.84 Å². The number of carboxylic acid groups (broad SMARTS) is 1. The zero-order chi connectivity index (χ0) is 34.1. The summed E-state index contributed by atoms with van der Waals surface area (Å²) in [6.07, 6.45) is 5.08. The molecule has 49 heavy (non-hydrogen) atoms. The molecule has 5 heterocycles. The number of carbonyl (C=O) groups excluding carboxylic acids is 3. The molecule has 1 atom stereocenters. The first-order valence-electron chi connectivity index (χ1n) is 16.0. The Morgan fingerprint density at radius 3 is 2.53 bits per heavy atom. The maximum atomic E-state index is 13.4. The van der Waals surface area contributed by atoms with Gasteiger partial charge < -0.3 is 35.6 Å². The lowest BCUT2D eigenvalue weighted by Gasteiger charge is -2.28. The maximum absolute atomic E-state index is 13.4. The number of fused-ring (bicyclic) bond motifs is 3. The number of hydrogen-bond acceptors (Lipinski definition) is 8. The lowest BCUT2D eigenvalue weighted by atomic mass is 9.94. The standard InChI is InChI=1S/C35H34N8O6/c1-21-28-15-31(37-18-29(28)27-9-8-25(14-30(27)49-21)42-10-2-3-33(42)45)39-24-13-26(17-36-16-24)43-12-11-41(35(43)48)20-22-4-6-23(7-5-22)40-32(44)19-38-34(46)47/h4-9,13-18,21,38H,2-3,10-12,19-20H2,1H3,(H,37,39)(H,40,44)(H,46,47)/t21-/m0/s1. The number of pyridine rings is 2. The van der Waals surface area contributed by atoms with E-state index in [0.29, 0.717) is 48.9 Å². The Labute approximate surface area is 281 Å². The fraction of sp³-hybridized carbons (Fsp3) is 0.257. The van der Waals surface area contributed by atoms with E-state index in [-0.39, 0.29) is 24.6 Å². The molecule has 0 saturated carbocycles. The molecule has 0 spiro atoms. The van der Waals surface area contributed by atoms with Gasteiger partial charge in [0.25, 0.3) is 0 Å². The quantitative estimate of drug-likeness (QED) is 0.190. The number of hydrogen-bond donors (Lipinski definition) is 4. The van der Waals surface area contributed by atoms with Gasteiger partial charge in [-0.15, -0.1) is 0 Å². The minimum absolute atomic E-state index is 0.134. The van der Waals surface area contributed by atoms with Crippen molar-refractivity contribution in [2.45, 2.75) is 32.4 Å². The molecule has 2 aromatic carbocycles. The van der Waals surface area contributed by atoms with Gasteiger partial charge in [-0.2, -0.15) is 0 Å². The largest absolute Gasteiger partial charge is 0.485 e. The highest BCUT2D eigenvalue weighted by molar-refractivity contribution is 5.97. The third kappa shape index (κ3) is 6.66. The molecule has 250 valence electrons. The van der Waals surface area contributed by atoms with Crippen molar-refractivity contribution < 1.29 is 29.0 Å². The van der Waals surface area contributed by atoms with Gasteiger partial charge in [0.05, 0.1) is 23.8 Å². The Bertz CT molecular complexity index is 1950. The number of ether oxygens (including phenoxy) is 1. The van der Waals surface area contributed by atoms with Crippen molar-refractivity contribution in [2.75, 3.05) is 46.6 Å². The molecule has 7 rings (SSSR count). The van der Waals surface area contributed by atoms with Crippen LogP contribution in [-0.2, 0) is 16.1 Å². The van der Waals surface area contributed by atoms with E-state index in [1.165, 1.54) is 0 Å². The summed E-state index contributed by atoms with van der Waals surface area (Å²) in [5, 5.41) is 16.6. The molecule has 0 radical (unpaired) electrons. The monoisotopic (exact) mass is 662 g/mol. The normalized spacial score (nSPS) is 16.6. The molecule has 3 aliphatic heterocycles. The smallest absolute Gasteiger partial charge is 0.405 e. The van der Waals surface area contributed by atoms with Crippen LogP contribution in [0.25, 0.3) is 11.1 Å². The van der Waals surface area contributed by atoms with Gasteiger partial charge in [-0.05, 0) is 55.3 Å². The van der Waals surface area contributed by atoms with Gasteiger partial charge in [0.1, 0.15) is 24.2 Å². The number of rotatable bonds is 9. The van der Waals surface area contributed by atoms with Crippen LogP contribution in [-0.4, -0.2) is 70.1 Å². The number of nitrogens with one attached hydrogen (secondary N) is 3. The predicted molar refractivity (Wildman–Crippen MR) is 182 cm³/mol. The van der Waals surface area contributed by atoms with Gasteiger partial charge >= 0.3 is 12.1 Å². The Morgan fingerprint density at radius 1 is 0.918 bits per heavy atom. The fourth-order valence-corrected chi connectivity index (χ4v) is 6.31. The molecule has 5 amide bonds. The van der Waals surface area contributed by atoms with Crippen LogP contribution in [0.3, 0.4) is 0 Å². The molecule has 2 fully saturated rings. The first kappa shape index (κ1) is 31.4. The molecule has 14 heteroatoms. The molecule has 0 unspecified atom stereocenters. The number of aromatic nitrogens is 2. The number of anilines is 5. The van der Waals surface area contributed by atoms with Gasteiger partial charge in [-0.25, -0.2) is 14.6 Å². The molecule has 3 aliphatic rings. The third-order valence-corrected chi connectivity index (χ3v) is 8.73. The second kappa shape index (κ2) is 13.1. The van der Waals surface area contributed by atoms with E-state index >= 15 is 0 Å². The van der Waals surface area contributed by atoms with Crippen LogP contribution in [0.4, 0.5) is 38.2 Å². The highest BCUT2D eigenvalue weighted by Gasteiger charge is 2.30. The third-order valence-electron chi connectivity index (χ3n) is 8.73. The van der Waals surface area contributed by atoms with Crippen LogP contribution in [0.2, 0.25) is 0 Å². The number of carbonyl (C=O) groups is 4. The first-order chi connectivity index (χ1) is 23.7. The zero-order valence-corrected chi connectivity index (χ0v) is 26.7. The first-order valence-corrected chi connectivity index (χ1v) is 16.0. The minimum atomic E-state index is -1.27. The lowest BCUT2D eigenvalue weighted by molar-refractivity contribution is -0.117. The molecular weight excluding hydrogens is 628 g/mol. The van der Waals surface area contributed by atoms with E-state index in [1.807, 2.05) is 65.8 Å². The second-order valence-corrected chi connectivity index (χ2v) is 12.1. The van der Waals surface area contributed by atoms with Crippen LogP contribution in [0.15, 0.2) is 73.2 Å². The van der Waals surface area contributed by atoms with E-state index in [0.717, 1.165) is 46.7 Å². The van der Waals surface area contributed by atoms with E-state index < -0.39 is 12.0 Å². The van der Waals surface area contributed by atoms with Gasteiger partial charge in [-0.3, -0.25) is 19.5 Å². The average Bonchev–Trinajstić information content (AvgIpc) is 3.69. The van der Waals surface area contributed by atoms with Crippen LogP contribution < -0.4 is 30.5 Å². The van der Waals surface area contributed by atoms with Gasteiger partial charge in [-0.1, -0.05) is 12.1 Å². The van der Waals surface area contributed by atoms with Gasteiger partial charge in [0.15, 0.2) is 0 Å². The predicted octanol–water partition coefficient (Wildman–Crippen LogP) is 5.12. The topological polar surface area (TPSA) is 169 Å². The molecular formula is C35H34N8O6. The van der Waals surface area contributed by atoms with Crippen molar-refractivity contribution in [1.29, 1.82) is 0 Å². The summed E-state index contributed by atoms with van der Waals surface area (Å²) in [5.74, 6) is 1.00. The Kier molecular flexibility index (Phi) is 8.43. The molecule has 0 bridgehead atoms. The molecule has 2 aromatic heterocycles. The molecule has 14 nitrogen and oxygen atoms in total. The molecule has 2 saturated heterocycles. The summed E-state index contributed by atoms with van der Waals surface area (Å²) in [7, 11) is 0. The van der Waals surface area contributed by atoms with Crippen molar-refractivity contribution in [3.8, 4) is 16.9 Å². The van der Waals surface area contributed by atoms with Gasteiger partial charge in [0, 0.05) is 72.9 Å². The highest BCUT2D eigenvalue weighted by atomic mass is 16.5. The maximum Gasteiger partial charge on any atom is 0.405 e. The SMILES string of the molecule is C[C@@H]1Oc2cc(N3CCCC3=O)ccc2-c2cnc(Nc3cncc(N4CCN(Cc5ccc(NC(=O)CNC(=O)O)cc5)C4=O)c3)cc21. The van der Waals surface area contributed by atoms with Crippen molar-refractivity contribution in [3.63, 3.8) is 0 Å². The summed E-state index contributed by atoms with van der Waals surface area (Å²) in [6.45, 7) is 3.76. The van der Waals surface area contributed by atoms with Crippen molar-refractivity contribution in [2.24, 2.45) is 0 Å². The van der Waals surface area contributed by atoms with E-state index in [9.17, 15) is 19.2 Å². The number of nitrogens with zero attached hydrogens (tertiary/aromatic N) is 5. The Balaban J connectivity index is 0.995. The Hall–Kier alpha value is -6.18. The summed E-state index contributed by atoms with van der Waals surface area (Å²) in [6, 6.07) is 16.6. The fourth-order valence-electron chi connectivity index (χ4n) is 6.31. The van der Waals surface area contributed by atoms with Crippen LogP contribution in [0.1, 0.15) is 37.0 Å². The van der Waals surface area contributed by atoms with Gasteiger partial charge in [0.2, 0.25) is 11.8 Å². The van der Waals surface area contributed by atoms with Crippen LogP contribution >= 0.6 is 0 Å². The number of amides is 5. The average molecular weight is 663 g/mol. The molecule has 0 aliphatic carbocycles. The summed E-state index contributed by atoms with van der Waals surface area (Å²) in [5.41, 5.74) is 6.47. The highest BCUT2D eigenvalue weighted by Crippen LogP contribution is 2.44. The van der Waals surface area contributed by atoms with E-state index in [1.54, 1.807) is 34.3 Å². The lowest BCUT2D eigenvalue weighted by Crippen LogP contribution is -2.32. The molecule has 4 aromatic rings. The van der Waals surface area contributed by atoms with Crippen LogP contribution in [0, 0.1) is 0 Å². The summed E-state index contributed by atoms with van der Waals surface area (Å²) >= 11 is 0. The van der Waals surface area contributed by atoms with Crippen molar-refractivity contribution in [1.82, 2.24) is 20.2 Å². The summed E-state index contributed by atoms with van der Waals surface area (Å²) < 4.78 is 6.30. The zero-order valence-electron chi connectivity index (χ0n) is 26.7. The number of benzene rings is 2. The number of urea groups is 1. The Morgan fingerprint density at radius 2 is 1.76 bits per heavy atom. The minimum Gasteiger partial charge on any atom is -0.485 e. The van der Waals surface area contributed by atoms with Crippen molar-refractivity contribution in [3.05, 3.63) is 84.3 Å². The van der Waals surface area contributed by atoms with Crippen LogP contribution in [0.5, 0.6) is 5.75 Å². The molecule has 4 N–H and O–H groups in total. The summed E-state index contributed by atoms with van der Waals surface area (Å²) in [4.78, 5) is 62.4.